The molecule has 2 aromatic carbocycles. The Labute approximate surface area is 76.8 Å². The highest BCUT2D eigenvalue weighted by Crippen LogP contribution is 2.24. The summed E-state index contributed by atoms with van der Waals surface area (Å²) in [6.45, 7) is 3.85. The van der Waals surface area contributed by atoms with Crippen molar-refractivity contribution in [1.82, 2.24) is 0 Å². The average Bonchev–Trinajstić information content (AvgIpc) is 2.04. The SMILES string of the molecule is [CH2]c1cc(Cl)c2ccccc2c1. The van der Waals surface area contributed by atoms with Gasteiger partial charge in [0, 0.05) is 10.4 Å². The molecule has 0 amide bonds. The van der Waals surface area contributed by atoms with Crippen LogP contribution in [0.15, 0.2) is 36.4 Å². The fourth-order valence-corrected chi connectivity index (χ4v) is 1.63. The lowest BCUT2D eigenvalue weighted by atomic mass is 10.1. The topological polar surface area (TPSA) is 0 Å². The van der Waals surface area contributed by atoms with Crippen LogP contribution in [0.5, 0.6) is 0 Å². The Morgan fingerprint density at radius 1 is 1.08 bits per heavy atom. The van der Waals surface area contributed by atoms with Crippen LogP contribution in [0.2, 0.25) is 5.02 Å². The van der Waals surface area contributed by atoms with Crippen LogP contribution in [0.3, 0.4) is 0 Å². The predicted molar refractivity (Wildman–Crippen MR) is 53.4 cm³/mol. The summed E-state index contributed by atoms with van der Waals surface area (Å²) in [4.78, 5) is 0. The van der Waals surface area contributed by atoms with Crippen molar-refractivity contribution < 1.29 is 0 Å². The second-order valence-electron chi connectivity index (χ2n) is 2.80. The van der Waals surface area contributed by atoms with Crippen molar-refractivity contribution in [3.63, 3.8) is 0 Å². The monoisotopic (exact) mass is 175 g/mol. The third-order valence-electron chi connectivity index (χ3n) is 1.87. The predicted octanol–water partition coefficient (Wildman–Crippen LogP) is 3.68. The van der Waals surface area contributed by atoms with Gasteiger partial charge in [-0.3, -0.25) is 0 Å². The molecule has 0 aliphatic rings. The van der Waals surface area contributed by atoms with Gasteiger partial charge in [0.25, 0.3) is 0 Å². The molecule has 0 saturated carbocycles. The van der Waals surface area contributed by atoms with E-state index in [4.69, 9.17) is 11.6 Å². The van der Waals surface area contributed by atoms with Gasteiger partial charge in [-0.2, -0.15) is 0 Å². The molecular weight excluding hydrogens is 168 g/mol. The summed E-state index contributed by atoms with van der Waals surface area (Å²) in [5.41, 5.74) is 0.957. The second kappa shape index (κ2) is 2.80. The second-order valence-corrected chi connectivity index (χ2v) is 3.21. The van der Waals surface area contributed by atoms with Crippen LogP contribution in [0.4, 0.5) is 0 Å². The zero-order valence-electron chi connectivity index (χ0n) is 6.55. The van der Waals surface area contributed by atoms with E-state index in [1.165, 1.54) is 0 Å². The summed E-state index contributed by atoms with van der Waals surface area (Å²) in [6, 6.07) is 11.9. The third-order valence-corrected chi connectivity index (χ3v) is 2.18. The summed E-state index contributed by atoms with van der Waals surface area (Å²) in [7, 11) is 0. The zero-order valence-corrected chi connectivity index (χ0v) is 7.31. The normalized spacial score (nSPS) is 10.5. The molecule has 0 aromatic heterocycles. The Hall–Kier alpha value is -1.01. The van der Waals surface area contributed by atoms with E-state index < -0.39 is 0 Å². The summed E-state index contributed by atoms with van der Waals surface area (Å²) < 4.78 is 0. The molecule has 2 rings (SSSR count). The molecule has 0 fully saturated rings. The van der Waals surface area contributed by atoms with E-state index in [2.05, 4.69) is 6.92 Å². The molecule has 0 aliphatic heterocycles. The quantitative estimate of drug-likeness (QED) is 0.573. The number of hydrogen-bond acceptors (Lipinski definition) is 0. The van der Waals surface area contributed by atoms with Crippen LogP contribution in [0.25, 0.3) is 10.8 Å². The largest absolute Gasteiger partial charge is 0.0837 e. The molecule has 0 heterocycles. The summed E-state index contributed by atoms with van der Waals surface area (Å²) in [5.74, 6) is 0. The van der Waals surface area contributed by atoms with Crippen molar-refractivity contribution in [2.75, 3.05) is 0 Å². The van der Waals surface area contributed by atoms with Gasteiger partial charge in [0.2, 0.25) is 0 Å². The first-order chi connectivity index (χ1) is 5.77. The van der Waals surface area contributed by atoms with Crippen LogP contribution in [0, 0.1) is 6.92 Å². The molecular formula is C11H8Cl. The van der Waals surface area contributed by atoms with E-state index in [1.807, 2.05) is 36.4 Å². The highest BCUT2D eigenvalue weighted by molar-refractivity contribution is 6.35. The maximum Gasteiger partial charge on any atom is 0.0487 e. The molecule has 0 unspecified atom stereocenters. The minimum atomic E-state index is 0.776. The van der Waals surface area contributed by atoms with E-state index in [0.717, 1.165) is 21.4 Å². The Bertz CT molecular complexity index is 418. The summed E-state index contributed by atoms with van der Waals surface area (Å²) in [5, 5.41) is 3.01. The molecule has 0 atom stereocenters. The maximum absolute atomic E-state index is 6.02. The van der Waals surface area contributed by atoms with Crippen molar-refractivity contribution in [3.05, 3.63) is 53.9 Å². The van der Waals surface area contributed by atoms with Gasteiger partial charge in [-0.15, -0.1) is 0 Å². The van der Waals surface area contributed by atoms with Crippen LogP contribution in [-0.4, -0.2) is 0 Å². The highest BCUT2D eigenvalue weighted by Gasteiger charge is 1.97. The first kappa shape index (κ1) is 7.63. The van der Waals surface area contributed by atoms with E-state index in [0.29, 0.717) is 0 Å². The van der Waals surface area contributed by atoms with E-state index in [1.54, 1.807) is 0 Å². The average molecular weight is 176 g/mol. The van der Waals surface area contributed by atoms with Gasteiger partial charge in [-0.05, 0) is 23.9 Å². The fourth-order valence-electron chi connectivity index (χ4n) is 1.32. The molecule has 0 spiro atoms. The zero-order chi connectivity index (χ0) is 8.55. The number of fused-ring (bicyclic) bond motifs is 1. The lowest BCUT2D eigenvalue weighted by molar-refractivity contribution is 1.66. The molecule has 0 nitrogen and oxygen atoms in total. The number of benzene rings is 2. The van der Waals surface area contributed by atoms with Gasteiger partial charge in [-0.1, -0.05) is 41.9 Å². The first-order valence-electron chi connectivity index (χ1n) is 3.77. The lowest BCUT2D eigenvalue weighted by Gasteiger charge is -2.00. The van der Waals surface area contributed by atoms with Gasteiger partial charge in [0.05, 0.1) is 0 Å². The van der Waals surface area contributed by atoms with Crippen LogP contribution < -0.4 is 0 Å². The van der Waals surface area contributed by atoms with Crippen molar-refractivity contribution >= 4 is 22.4 Å². The number of halogens is 1. The maximum atomic E-state index is 6.02. The Morgan fingerprint density at radius 3 is 2.67 bits per heavy atom. The van der Waals surface area contributed by atoms with E-state index >= 15 is 0 Å². The Balaban J connectivity index is 2.89. The minimum absolute atomic E-state index is 0.776. The molecule has 59 valence electrons. The van der Waals surface area contributed by atoms with Crippen LogP contribution in [0.1, 0.15) is 5.56 Å². The van der Waals surface area contributed by atoms with Crippen molar-refractivity contribution in [2.24, 2.45) is 0 Å². The number of hydrogen-bond donors (Lipinski definition) is 0. The van der Waals surface area contributed by atoms with Crippen LogP contribution in [-0.2, 0) is 0 Å². The van der Waals surface area contributed by atoms with Crippen molar-refractivity contribution in [2.45, 2.75) is 0 Å². The molecule has 0 aliphatic carbocycles. The summed E-state index contributed by atoms with van der Waals surface area (Å²) >= 11 is 6.02. The van der Waals surface area contributed by atoms with Gasteiger partial charge < -0.3 is 0 Å². The summed E-state index contributed by atoms with van der Waals surface area (Å²) in [6.07, 6.45) is 0. The molecule has 0 N–H and O–H groups in total. The Morgan fingerprint density at radius 2 is 1.83 bits per heavy atom. The van der Waals surface area contributed by atoms with Gasteiger partial charge in [-0.25, -0.2) is 0 Å². The molecule has 0 bridgehead atoms. The molecule has 1 heteroatoms. The standard InChI is InChI=1S/C11H8Cl/c1-8-6-9-4-2-3-5-10(9)11(12)7-8/h2-7H,1H2. The highest BCUT2D eigenvalue weighted by atomic mass is 35.5. The van der Waals surface area contributed by atoms with E-state index in [-0.39, 0.29) is 0 Å². The third kappa shape index (κ3) is 1.19. The first-order valence-corrected chi connectivity index (χ1v) is 4.15. The van der Waals surface area contributed by atoms with Gasteiger partial charge in [0.1, 0.15) is 0 Å². The van der Waals surface area contributed by atoms with Gasteiger partial charge in [0.15, 0.2) is 0 Å². The lowest BCUT2D eigenvalue weighted by Crippen LogP contribution is -1.76. The van der Waals surface area contributed by atoms with Gasteiger partial charge >= 0.3 is 0 Å². The molecule has 0 saturated heterocycles. The van der Waals surface area contributed by atoms with Crippen molar-refractivity contribution in [1.29, 1.82) is 0 Å². The van der Waals surface area contributed by atoms with E-state index in [9.17, 15) is 0 Å². The molecule has 2 aromatic rings. The number of rotatable bonds is 0. The molecule has 1 radical (unpaired) electrons. The van der Waals surface area contributed by atoms with Crippen molar-refractivity contribution in [3.8, 4) is 0 Å². The molecule has 12 heavy (non-hydrogen) atoms. The smallest absolute Gasteiger partial charge is 0.0487 e. The Kier molecular flexibility index (Phi) is 1.78. The fraction of sp³-hybridized carbons (Fsp3) is 0. The van der Waals surface area contributed by atoms with Crippen LogP contribution >= 0.6 is 11.6 Å². The minimum Gasteiger partial charge on any atom is -0.0837 e.